The van der Waals surface area contributed by atoms with Crippen LogP contribution in [0.15, 0.2) is 30.5 Å². The maximum absolute atomic E-state index is 11.8. The van der Waals surface area contributed by atoms with Crippen molar-refractivity contribution in [2.24, 2.45) is 12.8 Å². The molecule has 1 atom stereocenters. The van der Waals surface area contributed by atoms with Gasteiger partial charge in [-0.25, -0.2) is 4.79 Å². The van der Waals surface area contributed by atoms with Gasteiger partial charge in [0, 0.05) is 37.1 Å². The summed E-state index contributed by atoms with van der Waals surface area (Å²) in [6.07, 6.45) is 1.90. The molecule has 2 rings (SSSR count). The van der Waals surface area contributed by atoms with Crippen LogP contribution in [0.3, 0.4) is 0 Å². The number of carbonyl (C=O) groups is 1. The maximum atomic E-state index is 11.8. The lowest BCUT2D eigenvalue weighted by Crippen LogP contribution is -2.28. The van der Waals surface area contributed by atoms with E-state index >= 15 is 0 Å². The molecule has 0 spiro atoms. The molecule has 0 fully saturated rings. The van der Waals surface area contributed by atoms with Gasteiger partial charge in [-0.3, -0.25) is 4.68 Å². The molecule has 6 heteroatoms. The Morgan fingerprint density at radius 1 is 1.38 bits per heavy atom. The molecule has 4 N–H and O–H groups in total. The van der Waals surface area contributed by atoms with Crippen molar-refractivity contribution in [1.29, 1.82) is 0 Å². The van der Waals surface area contributed by atoms with E-state index in [1.54, 1.807) is 4.68 Å². The average Bonchev–Trinajstić information content (AvgIpc) is 2.75. The van der Waals surface area contributed by atoms with Crippen molar-refractivity contribution in [1.82, 2.24) is 15.1 Å². The standard InChI is InChI=1S/C15H21N5O/c1-10(16)12-4-6-14(7-5-12)18-15(21)17-8-13-9-20(3)19-11(13)2/h4-7,9-10H,8,16H2,1-3H3,(H2,17,18,21). The lowest BCUT2D eigenvalue weighted by molar-refractivity contribution is 0.251. The molecular weight excluding hydrogens is 266 g/mol. The predicted molar refractivity (Wildman–Crippen MR) is 82.8 cm³/mol. The number of urea groups is 1. The van der Waals surface area contributed by atoms with E-state index in [9.17, 15) is 4.79 Å². The van der Waals surface area contributed by atoms with Crippen molar-refractivity contribution in [2.75, 3.05) is 5.32 Å². The maximum Gasteiger partial charge on any atom is 0.319 e. The highest BCUT2D eigenvalue weighted by Gasteiger charge is 2.06. The number of carbonyl (C=O) groups excluding carboxylic acids is 1. The van der Waals surface area contributed by atoms with Crippen molar-refractivity contribution in [3.63, 3.8) is 0 Å². The van der Waals surface area contributed by atoms with Crippen LogP contribution in [0.25, 0.3) is 0 Å². The smallest absolute Gasteiger partial charge is 0.319 e. The fourth-order valence-electron chi connectivity index (χ4n) is 2.04. The van der Waals surface area contributed by atoms with E-state index in [1.165, 1.54) is 0 Å². The summed E-state index contributed by atoms with van der Waals surface area (Å²) in [6, 6.07) is 7.24. The highest BCUT2D eigenvalue weighted by molar-refractivity contribution is 5.89. The number of anilines is 1. The molecule has 2 amide bonds. The molecule has 1 aromatic heterocycles. The van der Waals surface area contributed by atoms with E-state index in [2.05, 4.69) is 15.7 Å². The zero-order valence-electron chi connectivity index (χ0n) is 12.6. The molecule has 0 aliphatic heterocycles. The summed E-state index contributed by atoms with van der Waals surface area (Å²) in [5, 5.41) is 9.83. The summed E-state index contributed by atoms with van der Waals surface area (Å²) in [7, 11) is 1.86. The molecular formula is C15H21N5O. The fraction of sp³-hybridized carbons (Fsp3) is 0.333. The first-order valence-corrected chi connectivity index (χ1v) is 6.85. The molecule has 1 unspecified atom stereocenters. The molecule has 0 aliphatic carbocycles. The summed E-state index contributed by atoms with van der Waals surface area (Å²) in [5.74, 6) is 0. The number of rotatable bonds is 4. The van der Waals surface area contributed by atoms with Crippen molar-refractivity contribution < 1.29 is 4.79 Å². The third-order valence-electron chi connectivity index (χ3n) is 3.25. The Hall–Kier alpha value is -2.34. The topological polar surface area (TPSA) is 85.0 Å². The summed E-state index contributed by atoms with van der Waals surface area (Å²) in [6.45, 7) is 4.29. The molecule has 0 saturated heterocycles. The van der Waals surface area contributed by atoms with Gasteiger partial charge in [-0.2, -0.15) is 5.10 Å². The van der Waals surface area contributed by atoms with Crippen LogP contribution in [0.1, 0.15) is 29.8 Å². The Morgan fingerprint density at radius 3 is 2.57 bits per heavy atom. The van der Waals surface area contributed by atoms with E-state index in [-0.39, 0.29) is 12.1 Å². The van der Waals surface area contributed by atoms with Gasteiger partial charge < -0.3 is 16.4 Å². The van der Waals surface area contributed by atoms with Crippen molar-refractivity contribution in [2.45, 2.75) is 26.4 Å². The molecule has 0 aliphatic rings. The molecule has 112 valence electrons. The van der Waals surface area contributed by atoms with Gasteiger partial charge in [0.05, 0.1) is 5.69 Å². The van der Waals surface area contributed by atoms with Crippen LogP contribution < -0.4 is 16.4 Å². The average molecular weight is 287 g/mol. The van der Waals surface area contributed by atoms with E-state index in [4.69, 9.17) is 5.73 Å². The minimum Gasteiger partial charge on any atom is -0.334 e. The molecule has 0 radical (unpaired) electrons. The van der Waals surface area contributed by atoms with Crippen LogP contribution in [0.5, 0.6) is 0 Å². The molecule has 0 bridgehead atoms. The van der Waals surface area contributed by atoms with E-state index < -0.39 is 0 Å². The Balaban J connectivity index is 1.88. The number of aryl methyl sites for hydroxylation is 2. The first-order chi connectivity index (χ1) is 9.95. The minimum atomic E-state index is -0.244. The summed E-state index contributed by atoms with van der Waals surface area (Å²) in [5.41, 5.74) is 9.47. The third kappa shape index (κ3) is 4.06. The number of hydrogen-bond donors (Lipinski definition) is 3. The van der Waals surface area contributed by atoms with E-state index in [0.29, 0.717) is 6.54 Å². The molecule has 2 aromatic rings. The zero-order valence-corrected chi connectivity index (χ0v) is 12.6. The second-order valence-corrected chi connectivity index (χ2v) is 5.13. The SMILES string of the molecule is Cc1nn(C)cc1CNC(=O)Nc1ccc(C(C)N)cc1. The first-order valence-electron chi connectivity index (χ1n) is 6.85. The van der Waals surface area contributed by atoms with Gasteiger partial charge in [0.25, 0.3) is 0 Å². The van der Waals surface area contributed by atoms with E-state index in [1.807, 2.05) is 51.4 Å². The largest absolute Gasteiger partial charge is 0.334 e. The fourth-order valence-corrected chi connectivity index (χ4v) is 2.04. The van der Waals surface area contributed by atoms with Crippen LogP contribution in [0.4, 0.5) is 10.5 Å². The summed E-state index contributed by atoms with van der Waals surface area (Å²) in [4.78, 5) is 11.8. The van der Waals surface area contributed by atoms with Gasteiger partial charge in [0.1, 0.15) is 0 Å². The Kier molecular flexibility index (Phi) is 4.59. The minimum absolute atomic E-state index is 0.0126. The predicted octanol–water partition coefficient (Wildman–Crippen LogP) is 2.07. The number of amides is 2. The second kappa shape index (κ2) is 6.41. The van der Waals surface area contributed by atoms with Crippen LogP contribution in [0.2, 0.25) is 0 Å². The number of hydrogen-bond acceptors (Lipinski definition) is 3. The Labute approximate surface area is 124 Å². The van der Waals surface area contributed by atoms with E-state index in [0.717, 1.165) is 22.5 Å². The van der Waals surface area contributed by atoms with Crippen LogP contribution in [-0.2, 0) is 13.6 Å². The van der Waals surface area contributed by atoms with Crippen LogP contribution in [0, 0.1) is 6.92 Å². The summed E-state index contributed by atoms with van der Waals surface area (Å²) < 4.78 is 1.73. The van der Waals surface area contributed by atoms with Crippen molar-refractivity contribution in [3.8, 4) is 0 Å². The van der Waals surface area contributed by atoms with Crippen LogP contribution >= 0.6 is 0 Å². The Bertz CT molecular complexity index is 615. The van der Waals surface area contributed by atoms with Crippen LogP contribution in [-0.4, -0.2) is 15.8 Å². The number of nitrogens with one attached hydrogen (secondary N) is 2. The lowest BCUT2D eigenvalue weighted by atomic mass is 10.1. The highest BCUT2D eigenvalue weighted by Crippen LogP contribution is 2.14. The van der Waals surface area contributed by atoms with Gasteiger partial charge in [-0.1, -0.05) is 12.1 Å². The van der Waals surface area contributed by atoms with Gasteiger partial charge in [0.15, 0.2) is 0 Å². The third-order valence-corrected chi connectivity index (χ3v) is 3.25. The van der Waals surface area contributed by atoms with Gasteiger partial charge in [-0.15, -0.1) is 0 Å². The molecule has 21 heavy (non-hydrogen) atoms. The molecule has 1 aromatic carbocycles. The number of benzene rings is 1. The normalized spacial score (nSPS) is 12.0. The van der Waals surface area contributed by atoms with Gasteiger partial charge in [0.2, 0.25) is 0 Å². The summed E-state index contributed by atoms with van der Waals surface area (Å²) >= 11 is 0. The second-order valence-electron chi connectivity index (χ2n) is 5.13. The number of nitrogens with zero attached hydrogens (tertiary/aromatic N) is 2. The quantitative estimate of drug-likeness (QED) is 0.804. The number of nitrogens with two attached hydrogens (primary N) is 1. The van der Waals surface area contributed by atoms with Gasteiger partial charge >= 0.3 is 6.03 Å². The number of aromatic nitrogens is 2. The lowest BCUT2D eigenvalue weighted by Gasteiger charge is -2.09. The van der Waals surface area contributed by atoms with Crippen molar-refractivity contribution >= 4 is 11.7 Å². The van der Waals surface area contributed by atoms with Crippen molar-refractivity contribution in [3.05, 3.63) is 47.3 Å². The molecule has 0 saturated carbocycles. The molecule has 6 nitrogen and oxygen atoms in total. The Morgan fingerprint density at radius 2 is 2.05 bits per heavy atom. The molecule has 1 heterocycles. The highest BCUT2D eigenvalue weighted by atomic mass is 16.2. The van der Waals surface area contributed by atoms with Gasteiger partial charge in [-0.05, 0) is 31.5 Å². The first kappa shape index (κ1) is 15.1. The zero-order chi connectivity index (χ0) is 15.4. The monoisotopic (exact) mass is 287 g/mol.